The summed E-state index contributed by atoms with van der Waals surface area (Å²) in [5.41, 5.74) is 2.32. The molecule has 1 aromatic rings. The number of hydrogen-bond donors (Lipinski definition) is 1. The molecule has 0 aromatic carbocycles. The molecule has 0 radical (unpaired) electrons. The summed E-state index contributed by atoms with van der Waals surface area (Å²) >= 11 is 0. The lowest BCUT2D eigenvalue weighted by atomic mass is 10.3. The van der Waals surface area contributed by atoms with E-state index in [9.17, 15) is 0 Å². The predicted molar refractivity (Wildman–Crippen MR) is 65.5 cm³/mol. The molecule has 16 heavy (non-hydrogen) atoms. The zero-order valence-corrected chi connectivity index (χ0v) is 10.6. The molecule has 4 heteroatoms. The van der Waals surface area contributed by atoms with Gasteiger partial charge >= 0.3 is 0 Å². The number of likely N-dealkylation sites (N-methyl/N-ethyl adjacent to an activating group) is 1. The van der Waals surface area contributed by atoms with Crippen LogP contribution < -0.4 is 5.32 Å². The Hall–Kier alpha value is -0.870. The summed E-state index contributed by atoms with van der Waals surface area (Å²) in [6, 6.07) is 2.14. The standard InChI is InChI=1S/C12H23N3O/c1-4-11-9-12(15(6-3)14-11)10-16-8-7-13-5-2/h9,13H,4-8,10H2,1-3H3. The summed E-state index contributed by atoms with van der Waals surface area (Å²) in [6.07, 6.45) is 0.984. The second-order valence-corrected chi connectivity index (χ2v) is 3.70. The number of nitrogens with one attached hydrogen (secondary N) is 1. The molecule has 0 spiro atoms. The van der Waals surface area contributed by atoms with Gasteiger partial charge in [0.2, 0.25) is 0 Å². The van der Waals surface area contributed by atoms with Crippen LogP contribution >= 0.6 is 0 Å². The van der Waals surface area contributed by atoms with E-state index in [0.29, 0.717) is 6.61 Å². The van der Waals surface area contributed by atoms with Gasteiger partial charge in [0.15, 0.2) is 0 Å². The quantitative estimate of drug-likeness (QED) is 0.683. The first-order valence-corrected chi connectivity index (χ1v) is 6.15. The van der Waals surface area contributed by atoms with Crippen LogP contribution in [0.1, 0.15) is 32.2 Å². The first kappa shape index (κ1) is 13.2. The minimum Gasteiger partial charge on any atom is -0.374 e. The SMILES string of the molecule is CCNCCOCc1cc(CC)nn1CC. The number of aryl methyl sites for hydroxylation is 2. The zero-order valence-electron chi connectivity index (χ0n) is 10.6. The summed E-state index contributed by atoms with van der Waals surface area (Å²) < 4.78 is 7.62. The summed E-state index contributed by atoms with van der Waals surface area (Å²) in [7, 11) is 0. The monoisotopic (exact) mass is 225 g/mol. The highest BCUT2D eigenvalue weighted by Gasteiger charge is 2.04. The zero-order chi connectivity index (χ0) is 11.8. The molecule has 1 rings (SSSR count). The lowest BCUT2D eigenvalue weighted by molar-refractivity contribution is 0.117. The highest BCUT2D eigenvalue weighted by Crippen LogP contribution is 2.06. The number of hydrogen-bond acceptors (Lipinski definition) is 3. The molecule has 0 aliphatic carbocycles. The van der Waals surface area contributed by atoms with Gasteiger partial charge in [-0.1, -0.05) is 13.8 Å². The lowest BCUT2D eigenvalue weighted by Crippen LogP contribution is -2.19. The Morgan fingerprint density at radius 1 is 1.38 bits per heavy atom. The molecular formula is C12H23N3O. The molecule has 0 amide bonds. The summed E-state index contributed by atoms with van der Waals surface area (Å²) in [6.45, 7) is 10.6. The Morgan fingerprint density at radius 3 is 2.81 bits per heavy atom. The molecule has 1 N–H and O–H groups in total. The van der Waals surface area contributed by atoms with Crippen molar-refractivity contribution < 1.29 is 4.74 Å². The van der Waals surface area contributed by atoms with Gasteiger partial charge in [0, 0.05) is 13.1 Å². The minimum absolute atomic E-state index is 0.659. The normalized spacial score (nSPS) is 10.9. The van der Waals surface area contributed by atoms with Crippen molar-refractivity contribution in [1.82, 2.24) is 15.1 Å². The van der Waals surface area contributed by atoms with Crippen molar-refractivity contribution in [3.8, 4) is 0 Å². The summed E-state index contributed by atoms with van der Waals surface area (Å²) in [4.78, 5) is 0. The fourth-order valence-electron chi connectivity index (χ4n) is 1.58. The Labute approximate surface area is 98.0 Å². The minimum atomic E-state index is 0.659. The number of ether oxygens (including phenoxy) is 1. The van der Waals surface area contributed by atoms with Crippen molar-refractivity contribution >= 4 is 0 Å². The topological polar surface area (TPSA) is 39.1 Å². The highest BCUT2D eigenvalue weighted by molar-refractivity contribution is 5.09. The van der Waals surface area contributed by atoms with Gasteiger partial charge in [-0.05, 0) is 26.0 Å². The molecule has 1 aromatic heterocycles. The van der Waals surface area contributed by atoms with Crippen molar-refractivity contribution in [3.05, 3.63) is 17.5 Å². The van der Waals surface area contributed by atoms with Gasteiger partial charge in [-0.2, -0.15) is 5.10 Å². The molecule has 4 nitrogen and oxygen atoms in total. The number of rotatable bonds is 8. The Bertz CT molecular complexity index is 296. The van der Waals surface area contributed by atoms with Crippen molar-refractivity contribution in [3.63, 3.8) is 0 Å². The van der Waals surface area contributed by atoms with Crippen LogP contribution in [0, 0.1) is 0 Å². The van der Waals surface area contributed by atoms with Crippen LogP contribution in [0.2, 0.25) is 0 Å². The van der Waals surface area contributed by atoms with E-state index in [1.54, 1.807) is 0 Å². The Morgan fingerprint density at radius 2 is 2.19 bits per heavy atom. The largest absolute Gasteiger partial charge is 0.374 e. The van der Waals surface area contributed by atoms with Gasteiger partial charge in [-0.25, -0.2) is 0 Å². The van der Waals surface area contributed by atoms with E-state index in [-0.39, 0.29) is 0 Å². The first-order chi connectivity index (χ1) is 7.81. The fraction of sp³-hybridized carbons (Fsp3) is 0.750. The van der Waals surface area contributed by atoms with Crippen LogP contribution in [0.3, 0.4) is 0 Å². The van der Waals surface area contributed by atoms with E-state index < -0.39 is 0 Å². The molecule has 0 aliphatic rings. The maximum atomic E-state index is 5.60. The van der Waals surface area contributed by atoms with Crippen LogP contribution in [-0.2, 0) is 24.3 Å². The molecule has 0 bridgehead atoms. The van der Waals surface area contributed by atoms with Gasteiger partial charge < -0.3 is 10.1 Å². The van der Waals surface area contributed by atoms with Gasteiger partial charge in [-0.3, -0.25) is 4.68 Å². The predicted octanol–water partition coefficient (Wildman–Crippen LogP) is 1.59. The van der Waals surface area contributed by atoms with Crippen molar-refractivity contribution in [2.45, 2.75) is 40.3 Å². The van der Waals surface area contributed by atoms with Gasteiger partial charge in [0.05, 0.1) is 24.6 Å². The second-order valence-electron chi connectivity index (χ2n) is 3.70. The number of aromatic nitrogens is 2. The highest BCUT2D eigenvalue weighted by atomic mass is 16.5. The van der Waals surface area contributed by atoms with Crippen molar-refractivity contribution in [2.24, 2.45) is 0 Å². The van der Waals surface area contributed by atoms with Crippen LogP contribution in [0.4, 0.5) is 0 Å². The Balaban J connectivity index is 2.37. The molecule has 0 atom stereocenters. The van der Waals surface area contributed by atoms with E-state index in [4.69, 9.17) is 4.74 Å². The third-order valence-corrected chi connectivity index (χ3v) is 2.50. The molecule has 0 saturated heterocycles. The molecule has 0 aliphatic heterocycles. The summed E-state index contributed by atoms with van der Waals surface area (Å²) in [5, 5.41) is 7.72. The smallest absolute Gasteiger partial charge is 0.0885 e. The fourth-order valence-corrected chi connectivity index (χ4v) is 1.58. The van der Waals surface area contributed by atoms with E-state index >= 15 is 0 Å². The third kappa shape index (κ3) is 3.94. The molecular weight excluding hydrogens is 202 g/mol. The van der Waals surface area contributed by atoms with Gasteiger partial charge in [-0.15, -0.1) is 0 Å². The Kier molecular flexibility index (Phi) is 6.11. The van der Waals surface area contributed by atoms with E-state index in [1.807, 2.05) is 4.68 Å². The van der Waals surface area contributed by atoms with Crippen molar-refractivity contribution in [2.75, 3.05) is 19.7 Å². The third-order valence-electron chi connectivity index (χ3n) is 2.50. The van der Waals surface area contributed by atoms with E-state index in [1.165, 1.54) is 5.69 Å². The van der Waals surface area contributed by atoms with Crippen LogP contribution in [0.25, 0.3) is 0 Å². The second kappa shape index (κ2) is 7.41. The van der Waals surface area contributed by atoms with Crippen LogP contribution in [0.15, 0.2) is 6.07 Å². The molecule has 1 heterocycles. The lowest BCUT2D eigenvalue weighted by Gasteiger charge is -2.06. The maximum absolute atomic E-state index is 5.60. The molecule has 0 fully saturated rings. The average molecular weight is 225 g/mol. The van der Waals surface area contributed by atoms with Gasteiger partial charge in [0.25, 0.3) is 0 Å². The van der Waals surface area contributed by atoms with E-state index in [0.717, 1.165) is 38.4 Å². The average Bonchev–Trinajstić information content (AvgIpc) is 2.71. The van der Waals surface area contributed by atoms with E-state index in [2.05, 4.69) is 37.3 Å². The van der Waals surface area contributed by atoms with Crippen molar-refractivity contribution in [1.29, 1.82) is 0 Å². The van der Waals surface area contributed by atoms with Gasteiger partial charge in [0.1, 0.15) is 0 Å². The van der Waals surface area contributed by atoms with Crippen LogP contribution in [-0.4, -0.2) is 29.5 Å². The summed E-state index contributed by atoms with van der Waals surface area (Å²) in [5.74, 6) is 0. The van der Waals surface area contributed by atoms with Crippen LogP contribution in [0.5, 0.6) is 0 Å². The number of nitrogens with zero attached hydrogens (tertiary/aromatic N) is 2. The maximum Gasteiger partial charge on any atom is 0.0885 e. The molecule has 92 valence electrons. The molecule has 0 unspecified atom stereocenters. The first-order valence-electron chi connectivity index (χ1n) is 6.15. The molecule has 0 saturated carbocycles.